The first-order valence-electron chi connectivity index (χ1n) is 15.3. The minimum atomic E-state index is -4.04. The Bertz CT molecular complexity index is 2430. The molecule has 0 bridgehead atoms. The largest absolute Gasteiger partial charge is 0.495 e. The van der Waals surface area contributed by atoms with Crippen molar-refractivity contribution < 1.29 is 35.5 Å². The Morgan fingerprint density at radius 3 is 1.92 bits per heavy atom. The molecule has 0 unspecified atom stereocenters. The molecule has 10 nitrogen and oxygen atoms in total. The van der Waals surface area contributed by atoms with Gasteiger partial charge in [-0.2, -0.15) is 0 Å². The number of amides is 1. The molecule has 0 saturated carbocycles. The number of imidazole rings is 1. The van der Waals surface area contributed by atoms with Crippen LogP contribution in [0.2, 0.25) is 0 Å². The Morgan fingerprint density at radius 2 is 1.32 bits per heavy atom. The van der Waals surface area contributed by atoms with Crippen LogP contribution < -0.4 is 9.47 Å². The third kappa shape index (κ3) is 6.82. The molecule has 0 fully saturated rings. The fraction of sp³-hybridized carbons (Fsp3) is 0.135. The molecule has 0 atom stereocenters. The quantitative estimate of drug-likeness (QED) is 0.153. The second kappa shape index (κ2) is 13.8. The average molecular weight is 714 g/mol. The van der Waals surface area contributed by atoms with Gasteiger partial charge in [0.2, 0.25) is 19.7 Å². The third-order valence-electron chi connectivity index (χ3n) is 8.18. The van der Waals surface area contributed by atoms with Gasteiger partial charge in [0.25, 0.3) is 5.91 Å². The molecule has 0 aliphatic rings. The summed E-state index contributed by atoms with van der Waals surface area (Å²) < 4.78 is 79.8. The monoisotopic (exact) mass is 713 g/mol. The Hall–Kier alpha value is -5.53. The summed E-state index contributed by atoms with van der Waals surface area (Å²) in [5, 5.41) is 0. The topological polar surface area (TPSA) is 124 Å². The molecule has 0 N–H and O–H groups in total. The van der Waals surface area contributed by atoms with Gasteiger partial charge in [-0.15, -0.1) is 0 Å². The number of benzene rings is 4. The first-order chi connectivity index (χ1) is 23.9. The van der Waals surface area contributed by atoms with Crippen LogP contribution in [0.1, 0.15) is 27.0 Å². The van der Waals surface area contributed by atoms with E-state index in [2.05, 4.69) is 4.98 Å². The summed E-state index contributed by atoms with van der Waals surface area (Å²) in [4.78, 5) is 19.6. The van der Waals surface area contributed by atoms with Gasteiger partial charge in [0.1, 0.15) is 16.3 Å². The van der Waals surface area contributed by atoms with Crippen LogP contribution in [0.15, 0.2) is 135 Å². The number of pyridine rings is 1. The first kappa shape index (κ1) is 34.3. The number of fused-ring (bicyclic) bond motifs is 1. The van der Waals surface area contributed by atoms with E-state index < -0.39 is 25.5 Å². The van der Waals surface area contributed by atoms with Gasteiger partial charge in [-0.25, -0.2) is 26.2 Å². The Balaban J connectivity index is 1.29. The van der Waals surface area contributed by atoms with E-state index in [0.717, 1.165) is 11.6 Å². The van der Waals surface area contributed by atoms with E-state index in [1.165, 1.54) is 50.6 Å². The Labute approximate surface area is 289 Å². The minimum Gasteiger partial charge on any atom is -0.495 e. The fourth-order valence-electron chi connectivity index (χ4n) is 5.49. The number of hydrogen-bond acceptors (Lipinski definition) is 8. The number of sulfone groups is 2. The fourth-order valence-corrected chi connectivity index (χ4v) is 8.27. The molecule has 50 heavy (non-hydrogen) atoms. The standard InChI is InChI=1S/C37H32FN3O7S2/c1-25-4-15-34(48-3)35(20-25)50(45,46)30-12-7-27(8-13-30)23-41(37(42)28-9-17-36-39-18-19-40(36)24-28)22-26-5-10-29(11-6-26)49(43,44)31-14-16-33(47-2)32(38)21-31/h4-21,24H,22-23H2,1-3H3. The number of rotatable bonds is 11. The van der Waals surface area contributed by atoms with Crippen LogP contribution in [0.25, 0.3) is 5.65 Å². The average Bonchev–Trinajstić information content (AvgIpc) is 3.60. The summed E-state index contributed by atoms with van der Waals surface area (Å²) >= 11 is 0. The van der Waals surface area contributed by atoms with Crippen LogP contribution in [-0.4, -0.2) is 51.2 Å². The number of ether oxygens (including phenoxy) is 2. The maximum Gasteiger partial charge on any atom is 0.255 e. The van der Waals surface area contributed by atoms with Crippen molar-refractivity contribution in [1.82, 2.24) is 14.3 Å². The normalized spacial score (nSPS) is 11.8. The predicted molar refractivity (Wildman–Crippen MR) is 183 cm³/mol. The van der Waals surface area contributed by atoms with E-state index >= 15 is 0 Å². The zero-order valence-corrected chi connectivity index (χ0v) is 28.9. The van der Waals surface area contributed by atoms with Gasteiger partial charge in [0, 0.05) is 31.7 Å². The lowest BCUT2D eigenvalue weighted by Gasteiger charge is -2.24. The lowest BCUT2D eigenvalue weighted by Crippen LogP contribution is -2.30. The lowest BCUT2D eigenvalue weighted by molar-refractivity contribution is 0.0729. The molecule has 6 rings (SSSR count). The van der Waals surface area contributed by atoms with E-state index in [9.17, 15) is 26.0 Å². The van der Waals surface area contributed by atoms with E-state index in [1.54, 1.807) is 89.4 Å². The van der Waals surface area contributed by atoms with Crippen LogP contribution in [0.4, 0.5) is 4.39 Å². The van der Waals surface area contributed by atoms with E-state index in [-0.39, 0.29) is 50.1 Å². The van der Waals surface area contributed by atoms with Crippen molar-refractivity contribution in [3.63, 3.8) is 0 Å². The summed E-state index contributed by atoms with van der Waals surface area (Å²) in [6.45, 7) is 2.01. The summed E-state index contributed by atoms with van der Waals surface area (Å²) in [7, 11) is -5.24. The van der Waals surface area contributed by atoms with Crippen molar-refractivity contribution in [2.75, 3.05) is 14.2 Å². The van der Waals surface area contributed by atoms with Gasteiger partial charge in [-0.1, -0.05) is 30.3 Å². The SMILES string of the molecule is COc1ccc(S(=O)(=O)c2ccc(CN(Cc3ccc(S(=O)(=O)c4cc(C)ccc4OC)cc3)C(=O)c3ccc4nccn4c3)cc2)cc1F. The van der Waals surface area contributed by atoms with Gasteiger partial charge in [-0.3, -0.25) is 4.79 Å². The van der Waals surface area contributed by atoms with Gasteiger partial charge in [0.05, 0.1) is 34.5 Å². The number of hydrogen-bond donors (Lipinski definition) is 0. The van der Waals surface area contributed by atoms with Gasteiger partial charge < -0.3 is 18.8 Å². The number of aryl methyl sites for hydroxylation is 1. The highest BCUT2D eigenvalue weighted by molar-refractivity contribution is 7.91. The van der Waals surface area contributed by atoms with E-state index in [4.69, 9.17) is 9.47 Å². The number of methoxy groups -OCH3 is 2. The molecule has 1 amide bonds. The summed E-state index contributed by atoms with van der Waals surface area (Å²) in [5.74, 6) is -0.943. The molecule has 256 valence electrons. The van der Waals surface area contributed by atoms with E-state index in [0.29, 0.717) is 22.3 Å². The molecule has 2 aromatic heterocycles. The molecule has 4 aromatic carbocycles. The highest BCUT2D eigenvalue weighted by Crippen LogP contribution is 2.31. The number of carbonyl (C=O) groups excluding carboxylic acids is 1. The molecular weight excluding hydrogens is 682 g/mol. The number of carbonyl (C=O) groups is 1. The number of halogens is 1. The van der Waals surface area contributed by atoms with Crippen LogP contribution >= 0.6 is 0 Å². The highest BCUT2D eigenvalue weighted by atomic mass is 32.2. The van der Waals surface area contributed by atoms with Crippen molar-refractivity contribution in [1.29, 1.82) is 0 Å². The molecule has 2 heterocycles. The molecule has 0 radical (unpaired) electrons. The zero-order chi connectivity index (χ0) is 35.6. The maximum absolute atomic E-state index is 14.3. The van der Waals surface area contributed by atoms with Crippen molar-refractivity contribution in [3.05, 3.63) is 144 Å². The second-order valence-electron chi connectivity index (χ2n) is 11.5. The summed E-state index contributed by atoms with van der Waals surface area (Å²) in [5.41, 5.74) is 3.13. The number of aromatic nitrogens is 2. The van der Waals surface area contributed by atoms with Gasteiger partial charge in [0.15, 0.2) is 11.6 Å². The molecular formula is C37H32FN3O7S2. The van der Waals surface area contributed by atoms with Gasteiger partial charge >= 0.3 is 0 Å². The molecule has 0 aliphatic heterocycles. The Morgan fingerprint density at radius 1 is 0.740 bits per heavy atom. The summed E-state index contributed by atoms with van der Waals surface area (Å²) in [6, 6.07) is 24.1. The number of nitrogens with zero attached hydrogens (tertiary/aromatic N) is 3. The maximum atomic E-state index is 14.3. The second-order valence-corrected chi connectivity index (χ2v) is 15.4. The first-order valence-corrected chi connectivity index (χ1v) is 18.3. The molecule has 0 spiro atoms. The van der Waals surface area contributed by atoms with Crippen molar-refractivity contribution in [2.24, 2.45) is 0 Å². The summed E-state index contributed by atoms with van der Waals surface area (Å²) in [6.07, 6.45) is 5.03. The van der Waals surface area contributed by atoms with Crippen molar-refractivity contribution in [2.45, 2.75) is 39.6 Å². The molecule has 13 heteroatoms. The van der Waals surface area contributed by atoms with Crippen LogP contribution in [-0.2, 0) is 32.8 Å². The van der Waals surface area contributed by atoms with Crippen LogP contribution in [0, 0.1) is 12.7 Å². The Kier molecular flexibility index (Phi) is 9.45. The minimum absolute atomic E-state index is 0.0451. The smallest absolute Gasteiger partial charge is 0.255 e. The van der Waals surface area contributed by atoms with Crippen LogP contribution in [0.5, 0.6) is 11.5 Å². The third-order valence-corrected chi connectivity index (χ3v) is 11.7. The highest BCUT2D eigenvalue weighted by Gasteiger charge is 2.24. The van der Waals surface area contributed by atoms with Crippen molar-refractivity contribution >= 4 is 31.2 Å². The van der Waals surface area contributed by atoms with Crippen LogP contribution in [0.3, 0.4) is 0 Å². The zero-order valence-electron chi connectivity index (χ0n) is 27.3. The lowest BCUT2D eigenvalue weighted by atomic mass is 10.1. The molecule has 6 aromatic rings. The molecule has 0 aliphatic carbocycles. The van der Waals surface area contributed by atoms with Crippen molar-refractivity contribution in [3.8, 4) is 11.5 Å². The van der Waals surface area contributed by atoms with Gasteiger partial charge in [-0.05, 0) is 90.3 Å². The molecule has 0 saturated heterocycles. The predicted octanol–water partition coefficient (Wildman–Crippen LogP) is 6.31. The van der Waals surface area contributed by atoms with E-state index in [1.807, 2.05) is 0 Å².